The van der Waals surface area contributed by atoms with Crippen LogP contribution in [0.25, 0.3) is 0 Å². The summed E-state index contributed by atoms with van der Waals surface area (Å²) in [5.74, 6) is 2.50. The molecule has 80 valence electrons. The molecule has 0 aliphatic carbocycles. The van der Waals surface area contributed by atoms with Crippen molar-refractivity contribution in [1.82, 2.24) is 5.32 Å². The molecule has 0 heterocycles. The first-order chi connectivity index (χ1) is 6.74. The molecular formula is C10H18N2O2. The van der Waals surface area contributed by atoms with Crippen molar-refractivity contribution in [1.29, 1.82) is 0 Å². The van der Waals surface area contributed by atoms with E-state index in [9.17, 15) is 4.79 Å². The van der Waals surface area contributed by atoms with Crippen LogP contribution in [-0.4, -0.2) is 25.3 Å². The van der Waals surface area contributed by atoms with Crippen LogP contribution in [0.1, 0.15) is 26.2 Å². The van der Waals surface area contributed by atoms with Crippen molar-refractivity contribution in [2.75, 3.05) is 13.2 Å². The van der Waals surface area contributed by atoms with Crippen LogP contribution in [0, 0.1) is 12.3 Å². The first-order valence-corrected chi connectivity index (χ1v) is 4.84. The monoisotopic (exact) mass is 198 g/mol. The molecule has 0 aliphatic rings. The summed E-state index contributed by atoms with van der Waals surface area (Å²) in [7, 11) is 0. The van der Waals surface area contributed by atoms with E-state index in [1.54, 1.807) is 6.92 Å². The van der Waals surface area contributed by atoms with Crippen LogP contribution < -0.4 is 11.1 Å². The molecule has 0 rings (SSSR count). The minimum Gasteiger partial charge on any atom is -0.450 e. The largest absolute Gasteiger partial charge is 0.450 e. The van der Waals surface area contributed by atoms with E-state index < -0.39 is 6.09 Å². The lowest BCUT2D eigenvalue weighted by atomic mass is 10.1. The summed E-state index contributed by atoms with van der Waals surface area (Å²) in [4.78, 5) is 11.0. The van der Waals surface area contributed by atoms with E-state index in [0.29, 0.717) is 13.2 Å². The molecule has 0 fully saturated rings. The van der Waals surface area contributed by atoms with Gasteiger partial charge in [-0.2, -0.15) is 0 Å². The van der Waals surface area contributed by atoms with Gasteiger partial charge in [-0.3, -0.25) is 0 Å². The normalized spacial score (nSPS) is 11.5. The maximum absolute atomic E-state index is 11.0. The topological polar surface area (TPSA) is 64.3 Å². The first kappa shape index (κ1) is 12.8. The first-order valence-electron chi connectivity index (χ1n) is 4.84. The fourth-order valence-electron chi connectivity index (χ4n) is 1.00. The fraction of sp³-hybridized carbons (Fsp3) is 0.700. The summed E-state index contributed by atoms with van der Waals surface area (Å²) in [5, 5.41) is 2.59. The van der Waals surface area contributed by atoms with E-state index in [1.165, 1.54) is 0 Å². The van der Waals surface area contributed by atoms with E-state index in [4.69, 9.17) is 16.9 Å². The Kier molecular flexibility index (Phi) is 7.67. The Balaban J connectivity index is 3.68. The van der Waals surface area contributed by atoms with Crippen LogP contribution in [0.15, 0.2) is 0 Å². The highest BCUT2D eigenvalue weighted by atomic mass is 16.5. The van der Waals surface area contributed by atoms with Crippen molar-refractivity contribution in [3.63, 3.8) is 0 Å². The number of ether oxygens (including phenoxy) is 1. The number of rotatable bonds is 6. The van der Waals surface area contributed by atoms with E-state index in [1.807, 2.05) is 0 Å². The summed E-state index contributed by atoms with van der Waals surface area (Å²) in [6, 6.07) is -0.249. The highest BCUT2D eigenvalue weighted by Crippen LogP contribution is 1.99. The number of unbranched alkanes of at least 4 members (excludes halogenated alkanes) is 1. The highest BCUT2D eigenvalue weighted by Gasteiger charge is 2.08. The lowest BCUT2D eigenvalue weighted by Gasteiger charge is -2.12. The van der Waals surface area contributed by atoms with Gasteiger partial charge in [0.2, 0.25) is 0 Å². The number of nitrogens with two attached hydrogens (primary N) is 1. The second kappa shape index (κ2) is 8.39. The molecule has 0 saturated carbocycles. The number of amides is 1. The SMILES string of the molecule is C#CC(CCCCN)NC(=O)OCC. The van der Waals surface area contributed by atoms with Crippen LogP contribution in [-0.2, 0) is 4.74 Å². The molecule has 0 saturated heterocycles. The number of hydrogen-bond donors (Lipinski definition) is 2. The van der Waals surface area contributed by atoms with Gasteiger partial charge in [-0.1, -0.05) is 5.92 Å². The van der Waals surface area contributed by atoms with Crippen LogP contribution >= 0.6 is 0 Å². The molecule has 0 aromatic heterocycles. The lowest BCUT2D eigenvalue weighted by Crippen LogP contribution is -2.34. The van der Waals surface area contributed by atoms with Gasteiger partial charge in [-0.05, 0) is 32.7 Å². The Labute approximate surface area is 85.2 Å². The van der Waals surface area contributed by atoms with Crippen LogP contribution in [0.3, 0.4) is 0 Å². The third-order valence-corrected chi connectivity index (χ3v) is 1.72. The standard InChI is InChI=1S/C10H18N2O2/c1-3-9(7-5-6-8-11)12-10(13)14-4-2/h1,9H,4-8,11H2,2H3,(H,12,13). The number of carbonyl (C=O) groups excluding carboxylic acids is 1. The van der Waals surface area contributed by atoms with E-state index >= 15 is 0 Å². The molecule has 0 aromatic carbocycles. The van der Waals surface area contributed by atoms with Crippen molar-refractivity contribution >= 4 is 6.09 Å². The zero-order chi connectivity index (χ0) is 10.8. The average molecular weight is 198 g/mol. The number of alkyl carbamates (subject to hydrolysis) is 1. The van der Waals surface area contributed by atoms with Gasteiger partial charge in [0.1, 0.15) is 0 Å². The van der Waals surface area contributed by atoms with Crippen molar-refractivity contribution in [2.24, 2.45) is 5.73 Å². The van der Waals surface area contributed by atoms with Gasteiger partial charge in [-0.25, -0.2) is 4.79 Å². The zero-order valence-corrected chi connectivity index (χ0v) is 8.58. The molecule has 4 heteroatoms. The third-order valence-electron chi connectivity index (χ3n) is 1.72. The van der Waals surface area contributed by atoms with Gasteiger partial charge in [0.25, 0.3) is 0 Å². The zero-order valence-electron chi connectivity index (χ0n) is 8.58. The number of carbonyl (C=O) groups is 1. The fourth-order valence-corrected chi connectivity index (χ4v) is 1.00. The Bertz CT molecular complexity index is 199. The molecule has 14 heavy (non-hydrogen) atoms. The minimum atomic E-state index is -0.455. The lowest BCUT2D eigenvalue weighted by molar-refractivity contribution is 0.150. The van der Waals surface area contributed by atoms with Crippen molar-refractivity contribution < 1.29 is 9.53 Å². The molecule has 1 amide bonds. The molecule has 1 atom stereocenters. The van der Waals surface area contributed by atoms with Crippen molar-refractivity contribution in [3.05, 3.63) is 0 Å². The maximum Gasteiger partial charge on any atom is 0.408 e. The van der Waals surface area contributed by atoms with Gasteiger partial charge in [0.15, 0.2) is 0 Å². The smallest absolute Gasteiger partial charge is 0.408 e. The van der Waals surface area contributed by atoms with E-state index in [0.717, 1.165) is 19.3 Å². The molecule has 0 radical (unpaired) electrons. The van der Waals surface area contributed by atoms with Crippen LogP contribution in [0.4, 0.5) is 4.79 Å². The number of terminal acetylenes is 1. The average Bonchev–Trinajstić information content (AvgIpc) is 2.17. The van der Waals surface area contributed by atoms with Crippen molar-refractivity contribution in [2.45, 2.75) is 32.2 Å². The van der Waals surface area contributed by atoms with Crippen LogP contribution in [0.5, 0.6) is 0 Å². The van der Waals surface area contributed by atoms with Gasteiger partial charge >= 0.3 is 6.09 Å². The van der Waals surface area contributed by atoms with Gasteiger partial charge in [0.05, 0.1) is 12.6 Å². The molecule has 0 aromatic rings. The quantitative estimate of drug-likeness (QED) is 0.491. The van der Waals surface area contributed by atoms with E-state index in [2.05, 4.69) is 11.2 Å². The Hall–Kier alpha value is -1.21. The van der Waals surface area contributed by atoms with Crippen molar-refractivity contribution in [3.8, 4) is 12.3 Å². The third kappa shape index (κ3) is 6.32. The molecule has 0 aliphatic heterocycles. The predicted octanol–water partition coefficient (Wildman–Crippen LogP) is 0.863. The molecule has 1 unspecified atom stereocenters. The van der Waals surface area contributed by atoms with E-state index in [-0.39, 0.29) is 6.04 Å². The highest BCUT2D eigenvalue weighted by molar-refractivity contribution is 5.68. The van der Waals surface area contributed by atoms with Gasteiger partial charge < -0.3 is 15.8 Å². The molecule has 0 bridgehead atoms. The second-order valence-corrected chi connectivity index (χ2v) is 2.87. The Morgan fingerprint density at radius 3 is 2.86 bits per heavy atom. The maximum atomic E-state index is 11.0. The molecule has 4 nitrogen and oxygen atoms in total. The summed E-state index contributed by atoms with van der Waals surface area (Å²) in [5.41, 5.74) is 5.34. The van der Waals surface area contributed by atoms with Gasteiger partial charge in [0, 0.05) is 0 Å². The van der Waals surface area contributed by atoms with Crippen LogP contribution in [0.2, 0.25) is 0 Å². The summed E-state index contributed by atoms with van der Waals surface area (Å²) in [6.07, 6.45) is 7.37. The number of hydrogen-bond acceptors (Lipinski definition) is 3. The minimum absolute atomic E-state index is 0.249. The second-order valence-electron chi connectivity index (χ2n) is 2.87. The molecule has 0 spiro atoms. The molecular weight excluding hydrogens is 180 g/mol. The Morgan fingerprint density at radius 2 is 2.36 bits per heavy atom. The van der Waals surface area contributed by atoms with Gasteiger partial charge in [-0.15, -0.1) is 6.42 Å². The summed E-state index contributed by atoms with van der Waals surface area (Å²) in [6.45, 7) is 2.75. The molecule has 3 N–H and O–H groups in total. The number of nitrogens with one attached hydrogen (secondary N) is 1. The Morgan fingerprint density at radius 1 is 1.64 bits per heavy atom. The predicted molar refractivity (Wildman–Crippen MR) is 55.7 cm³/mol. The summed E-state index contributed by atoms with van der Waals surface area (Å²) >= 11 is 0. The summed E-state index contributed by atoms with van der Waals surface area (Å²) < 4.78 is 4.71.